The smallest absolute Gasteiger partial charge is 0.287 e. The maximum atomic E-state index is 12.0. The van der Waals surface area contributed by atoms with Crippen molar-refractivity contribution in [2.45, 2.75) is 24.8 Å². The van der Waals surface area contributed by atoms with Crippen molar-refractivity contribution >= 4 is 28.3 Å². The molecule has 21 heavy (non-hydrogen) atoms. The highest BCUT2D eigenvalue weighted by Gasteiger charge is 2.25. The summed E-state index contributed by atoms with van der Waals surface area (Å²) in [6, 6.07) is 1.37. The van der Waals surface area contributed by atoms with Crippen LogP contribution in [0.2, 0.25) is 0 Å². The van der Waals surface area contributed by atoms with Gasteiger partial charge in [-0.1, -0.05) is 0 Å². The number of carbonyl (C=O) groups is 1. The molecule has 0 fully saturated rings. The van der Waals surface area contributed by atoms with Gasteiger partial charge in [0.25, 0.3) is 5.91 Å². The van der Waals surface area contributed by atoms with Crippen molar-refractivity contribution < 1.29 is 17.6 Å². The molecular weight excluding hydrogens is 318 g/mol. The van der Waals surface area contributed by atoms with Gasteiger partial charge in [0.05, 0.1) is 0 Å². The van der Waals surface area contributed by atoms with E-state index in [1.165, 1.54) is 27.1 Å². The molecular formula is C12H22ClN3O4S. The maximum absolute atomic E-state index is 12.0. The zero-order valence-electron chi connectivity index (χ0n) is 12.8. The van der Waals surface area contributed by atoms with Gasteiger partial charge in [-0.3, -0.25) is 4.79 Å². The maximum Gasteiger partial charge on any atom is 0.287 e. The number of likely N-dealkylation sites (N-methyl/N-ethyl adjacent to an activating group) is 1. The Labute approximate surface area is 131 Å². The topological polar surface area (TPSA) is 91.6 Å². The van der Waals surface area contributed by atoms with Crippen LogP contribution in [0.4, 0.5) is 0 Å². The van der Waals surface area contributed by atoms with Gasteiger partial charge in [0.1, 0.15) is 10.7 Å². The van der Waals surface area contributed by atoms with Crippen LogP contribution in [0, 0.1) is 6.92 Å². The van der Waals surface area contributed by atoms with Gasteiger partial charge < -0.3 is 15.1 Å². The van der Waals surface area contributed by atoms with Gasteiger partial charge in [-0.05, 0) is 20.9 Å². The molecule has 1 heterocycles. The molecule has 0 radical (unpaired) electrons. The zero-order chi connectivity index (χ0) is 15.5. The van der Waals surface area contributed by atoms with Crippen LogP contribution in [0.1, 0.15) is 23.2 Å². The lowest BCUT2D eigenvalue weighted by Gasteiger charge is -2.10. The molecule has 0 aliphatic heterocycles. The number of halogens is 1. The van der Waals surface area contributed by atoms with Gasteiger partial charge >= 0.3 is 0 Å². The molecule has 7 nitrogen and oxygen atoms in total. The van der Waals surface area contributed by atoms with Crippen molar-refractivity contribution in [2.24, 2.45) is 0 Å². The first-order valence-electron chi connectivity index (χ1n) is 6.18. The van der Waals surface area contributed by atoms with E-state index < -0.39 is 15.9 Å². The standard InChI is InChI=1S/C12H21N3O4S.ClH/c1-8(13-3)7-14-12(16)10-6-11(9(2)19-10)20(17,18)15(4)5;/h6,8,13H,7H2,1-5H3,(H,14,16);1H. The second-order valence-corrected chi connectivity index (χ2v) is 6.84. The number of amides is 1. The molecule has 0 saturated heterocycles. The fourth-order valence-electron chi connectivity index (χ4n) is 1.47. The Morgan fingerprint density at radius 1 is 1.43 bits per heavy atom. The summed E-state index contributed by atoms with van der Waals surface area (Å²) in [4.78, 5) is 11.9. The Kier molecular flexibility index (Phi) is 7.38. The molecule has 9 heteroatoms. The summed E-state index contributed by atoms with van der Waals surface area (Å²) >= 11 is 0. The number of nitrogens with one attached hydrogen (secondary N) is 2. The normalized spacial score (nSPS) is 12.9. The van der Waals surface area contributed by atoms with E-state index in [-0.39, 0.29) is 34.9 Å². The number of sulfonamides is 1. The van der Waals surface area contributed by atoms with E-state index in [0.717, 1.165) is 4.31 Å². The third-order valence-corrected chi connectivity index (χ3v) is 4.84. The van der Waals surface area contributed by atoms with Crippen LogP contribution in [-0.2, 0) is 10.0 Å². The highest BCUT2D eigenvalue weighted by molar-refractivity contribution is 7.89. The molecule has 0 aliphatic rings. The Morgan fingerprint density at radius 3 is 2.48 bits per heavy atom. The van der Waals surface area contributed by atoms with Gasteiger partial charge in [-0.2, -0.15) is 0 Å². The third-order valence-electron chi connectivity index (χ3n) is 2.92. The van der Waals surface area contributed by atoms with Crippen LogP contribution >= 0.6 is 12.4 Å². The fourth-order valence-corrected chi connectivity index (χ4v) is 2.52. The lowest BCUT2D eigenvalue weighted by Crippen LogP contribution is -2.37. The first-order valence-corrected chi connectivity index (χ1v) is 7.62. The second kappa shape index (κ2) is 7.79. The third kappa shape index (κ3) is 4.70. The number of hydrogen-bond donors (Lipinski definition) is 2. The largest absolute Gasteiger partial charge is 0.455 e. The van der Waals surface area contributed by atoms with E-state index in [9.17, 15) is 13.2 Å². The highest BCUT2D eigenvalue weighted by atomic mass is 35.5. The van der Waals surface area contributed by atoms with Crippen LogP contribution in [0.15, 0.2) is 15.4 Å². The summed E-state index contributed by atoms with van der Waals surface area (Å²) in [5, 5.41) is 5.65. The second-order valence-electron chi connectivity index (χ2n) is 4.72. The van der Waals surface area contributed by atoms with E-state index >= 15 is 0 Å². The number of nitrogens with zero attached hydrogens (tertiary/aromatic N) is 1. The van der Waals surface area contributed by atoms with E-state index in [4.69, 9.17) is 4.42 Å². The molecule has 0 aliphatic carbocycles. The van der Waals surface area contributed by atoms with E-state index in [0.29, 0.717) is 6.54 Å². The van der Waals surface area contributed by atoms with Crippen molar-refractivity contribution in [3.63, 3.8) is 0 Å². The predicted octanol–water partition coefficient (Wildman–Crippen LogP) is 0.598. The van der Waals surface area contributed by atoms with Crippen LogP contribution < -0.4 is 10.6 Å². The van der Waals surface area contributed by atoms with Crippen molar-refractivity contribution in [2.75, 3.05) is 27.7 Å². The number of furan rings is 1. The van der Waals surface area contributed by atoms with Gasteiger partial charge in [-0.25, -0.2) is 12.7 Å². The summed E-state index contributed by atoms with van der Waals surface area (Å²) in [6.07, 6.45) is 0. The summed E-state index contributed by atoms with van der Waals surface area (Å²) < 4.78 is 30.4. The minimum absolute atomic E-state index is 0. The molecule has 1 aromatic rings. The van der Waals surface area contributed by atoms with Gasteiger partial charge in [0.15, 0.2) is 5.76 Å². The van der Waals surface area contributed by atoms with E-state index in [1.807, 2.05) is 6.92 Å². The minimum Gasteiger partial charge on any atom is -0.455 e. The number of carbonyl (C=O) groups excluding carboxylic acids is 1. The Bertz CT molecular complexity index is 583. The quantitative estimate of drug-likeness (QED) is 0.791. The molecule has 1 aromatic heterocycles. The first-order chi connectivity index (χ1) is 9.20. The number of hydrogen-bond acceptors (Lipinski definition) is 5. The van der Waals surface area contributed by atoms with Crippen molar-refractivity contribution in [3.05, 3.63) is 17.6 Å². The van der Waals surface area contributed by atoms with Crippen molar-refractivity contribution in [3.8, 4) is 0 Å². The zero-order valence-corrected chi connectivity index (χ0v) is 14.4. The lowest BCUT2D eigenvalue weighted by atomic mass is 10.3. The molecule has 1 atom stereocenters. The predicted molar refractivity (Wildman–Crippen MR) is 82.4 cm³/mol. The SMILES string of the molecule is CNC(C)CNC(=O)c1cc(S(=O)(=O)N(C)C)c(C)o1.Cl. The first kappa shape index (κ1) is 19.9. The van der Waals surface area contributed by atoms with Crippen molar-refractivity contribution in [1.29, 1.82) is 0 Å². The average molecular weight is 340 g/mol. The average Bonchev–Trinajstić information content (AvgIpc) is 2.78. The van der Waals surface area contributed by atoms with Crippen molar-refractivity contribution in [1.82, 2.24) is 14.9 Å². The molecule has 1 rings (SSSR count). The molecule has 2 N–H and O–H groups in total. The summed E-state index contributed by atoms with van der Waals surface area (Å²) in [5.41, 5.74) is 0. The number of rotatable bonds is 6. The summed E-state index contributed by atoms with van der Waals surface area (Å²) in [7, 11) is 1.03. The molecule has 1 unspecified atom stereocenters. The molecule has 0 spiro atoms. The molecule has 0 aromatic carbocycles. The fraction of sp³-hybridized carbons (Fsp3) is 0.583. The van der Waals surface area contributed by atoms with Gasteiger partial charge in [-0.15, -0.1) is 12.4 Å². The van der Waals surface area contributed by atoms with Crippen LogP contribution in [0.25, 0.3) is 0 Å². The highest BCUT2D eigenvalue weighted by Crippen LogP contribution is 2.22. The lowest BCUT2D eigenvalue weighted by molar-refractivity contribution is 0.0921. The molecule has 122 valence electrons. The Morgan fingerprint density at radius 2 is 2.00 bits per heavy atom. The van der Waals surface area contributed by atoms with Crippen LogP contribution in [0.5, 0.6) is 0 Å². The van der Waals surface area contributed by atoms with Crippen LogP contribution in [0.3, 0.4) is 0 Å². The van der Waals surface area contributed by atoms with Gasteiger partial charge in [0.2, 0.25) is 10.0 Å². The Hall–Kier alpha value is -1.09. The summed E-state index contributed by atoms with van der Waals surface area (Å²) in [6.45, 7) is 3.85. The van der Waals surface area contributed by atoms with E-state index in [2.05, 4.69) is 10.6 Å². The minimum atomic E-state index is -3.61. The van der Waals surface area contributed by atoms with Crippen LogP contribution in [-0.4, -0.2) is 52.4 Å². The molecule has 0 saturated carbocycles. The Balaban J connectivity index is 0.00000400. The molecule has 1 amide bonds. The summed E-state index contributed by atoms with van der Waals surface area (Å²) in [5.74, 6) is -0.243. The van der Waals surface area contributed by atoms with Gasteiger partial charge in [0, 0.05) is 32.7 Å². The van der Waals surface area contributed by atoms with E-state index in [1.54, 1.807) is 7.05 Å². The number of aryl methyl sites for hydroxylation is 1. The monoisotopic (exact) mass is 339 g/mol. The molecule has 0 bridgehead atoms.